The third kappa shape index (κ3) is 10.6. The first-order valence-corrected chi connectivity index (χ1v) is 26.7. The van der Waals surface area contributed by atoms with E-state index in [1.807, 2.05) is 50.2 Å². The van der Waals surface area contributed by atoms with E-state index in [4.69, 9.17) is 9.57 Å². The number of nitrogens with one attached hydrogen (secondary N) is 2. The number of unbranched alkanes of at least 4 members (excludes halogenated alkanes) is 2. The second-order valence-corrected chi connectivity index (χ2v) is 22.0. The number of para-hydroxylation sites is 2. The molecule has 4 aliphatic rings. The molecular formula is C59H79N5O6+2. The number of ether oxygens (including phenoxy) is 1. The van der Waals surface area contributed by atoms with Crippen LogP contribution in [0, 0.1) is 42.4 Å². The van der Waals surface area contributed by atoms with Gasteiger partial charge in [0, 0.05) is 61.9 Å². The fraction of sp³-hybridized carbons (Fsp3) is 0.559. The number of ketones is 1. The highest BCUT2D eigenvalue weighted by atomic mass is 16.6. The van der Waals surface area contributed by atoms with Gasteiger partial charge in [0.25, 0.3) is 11.8 Å². The molecule has 1 heterocycles. The molecule has 3 saturated carbocycles. The Morgan fingerprint density at radius 1 is 0.771 bits per heavy atom. The number of fused-ring (bicyclic) bond motifs is 7. The zero-order valence-corrected chi connectivity index (χ0v) is 43.2. The number of quaternary nitrogens is 1. The molecule has 4 aromatic rings. The lowest BCUT2D eigenvalue weighted by Gasteiger charge is -2.57. The molecule has 0 saturated heterocycles. The van der Waals surface area contributed by atoms with Crippen LogP contribution in [0.1, 0.15) is 149 Å². The summed E-state index contributed by atoms with van der Waals surface area (Å²) in [4.78, 5) is 59.0. The van der Waals surface area contributed by atoms with Crippen LogP contribution in [0.4, 0.5) is 0 Å². The van der Waals surface area contributed by atoms with Crippen molar-refractivity contribution in [2.24, 2.45) is 33.7 Å². The van der Waals surface area contributed by atoms with Crippen molar-refractivity contribution in [3.8, 4) is 5.75 Å². The largest absolute Gasteiger partial charge is 0.422 e. The molecule has 3 fully saturated rings. The zero-order valence-electron chi connectivity index (χ0n) is 43.2. The third-order valence-corrected chi connectivity index (χ3v) is 17.3. The molecule has 4 unspecified atom stereocenters. The van der Waals surface area contributed by atoms with Crippen molar-refractivity contribution in [2.75, 3.05) is 46.4 Å². The van der Waals surface area contributed by atoms with E-state index in [9.17, 15) is 19.2 Å². The molecule has 70 heavy (non-hydrogen) atoms. The summed E-state index contributed by atoms with van der Waals surface area (Å²) in [7, 11) is 2.27. The molecule has 0 radical (unpaired) electrons. The average Bonchev–Trinajstić information content (AvgIpc) is 3.66. The summed E-state index contributed by atoms with van der Waals surface area (Å²) < 4.78 is 9.38. The van der Waals surface area contributed by atoms with Crippen LogP contribution < -0.4 is 19.9 Å². The number of Topliss-reactive ketones (excluding diaryl/α,β-unsaturated/α-hetero) is 1. The van der Waals surface area contributed by atoms with Crippen LogP contribution >= 0.6 is 0 Å². The van der Waals surface area contributed by atoms with Gasteiger partial charge in [-0.15, -0.1) is 0 Å². The van der Waals surface area contributed by atoms with Gasteiger partial charge in [-0.25, -0.2) is 4.79 Å². The quantitative estimate of drug-likeness (QED) is 0.0173. The lowest BCUT2D eigenvalue weighted by molar-refractivity contribution is -0.910. The number of carbonyl (C=O) groups is 4. The van der Waals surface area contributed by atoms with Gasteiger partial charge in [0.15, 0.2) is 6.61 Å². The number of oxime groups is 1. The molecule has 0 aliphatic heterocycles. The van der Waals surface area contributed by atoms with E-state index in [-0.39, 0.29) is 29.3 Å². The Bertz CT molecular complexity index is 2590. The van der Waals surface area contributed by atoms with Gasteiger partial charge < -0.3 is 24.7 Å². The van der Waals surface area contributed by atoms with Crippen LogP contribution in [-0.2, 0) is 21.0 Å². The predicted octanol–water partition coefficient (Wildman–Crippen LogP) is 10.7. The van der Waals surface area contributed by atoms with Gasteiger partial charge in [0.05, 0.1) is 48.7 Å². The molecule has 2 N–H and O–H groups in total. The van der Waals surface area contributed by atoms with E-state index in [1.54, 1.807) is 12.1 Å². The highest BCUT2D eigenvalue weighted by molar-refractivity contribution is 6.13. The zero-order chi connectivity index (χ0) is 49.6. The number of aromatic nitrogens is 1. The molecule has 0 spiro atoms. The lowest BCUT2D eigenvalue weighted by Crippen LogP contribution is -2.50. The number of aryl methyl sites for hydroxylation is 3. The standard InChI is InChI=1S/C59H77N5O6/c1-8-10-32-63-50-20-14-12-18-46(50)54(47-19-13-15-21-51(47)63)57(68)70-55-40(3)36-42(37-41(55)4)56(67)61-31-17-35-64(7,33-11-9-2)34-16-30-60-53(66)39-69-62-44-26-28-58(5)43(38-44)22-23-45-48-24-25-52(65)59(48,6)29-27-49(45)58/h12-15,18-21,36-38,45,48-49H,8-11,16-17,22-35,39H2,1-7H3/p+2/t45?,48?,49?,58-,59-,64?/m0/s1. The lowest BCUT2D eigenvalue weighted by atomic mass is 9.47. The summed E-state index contributed by atoms with van der Waals surface area (Å²) >= 11 is 0. The van der Waals surface area contributed by atoms with E-state index in [2.05, 4.69) is 73.3 Å². The Kier molecular flexibility index (Phi) is 16.0. The van der Waals surface area contributed by atoms with Gasteiger partial charge in [0.1, 0.15) is 18.1 Å². The Labute approximate surface area is 416 Å². The summed E-state index contributed by atoms with van der Waals surface area (Å²) in [6, 6.07) is 19.7. The second-order valence-electron chi connectivity index (χ2n) is 22.0. The van der Waals surface area contributed by atoms with Crippen molar-refractivity contribution in [1.82, 2.24) is 10.6 Å². The Morgan fingerprint density at radius 2 is 1.40 bits per heavy atom. The number of hydrogen-bond acceptors (Lipinski definition) is 7. The normalized spacial score (nSPS) is 24.3. The van der Waals surface area contributed by atoms with Crippen molar-refractivity contribution in [2.45, 2.75) is 138 Å². The number of esters is 1. The molecule has 11 heteroatoms. The first-order valence-electron chi connectivity index (χ1n) is 26.7. The van der Waals surface area contributed by atoms with Gasteiger partial charge in [-0.1, -0.05) is 75.5 Å². The maximum Gasteiger partial charge on any atom is 0.345 e. The van der Waals surface area contributed by atoms with E-state index in [1.165, 1.54) is 5.57 Å². The predicted molar refractivity (Wildman–Crippen MR) is 278 cm³/mol. The minimum absolute atomic E-state index is 0.0979. The van der Waals surface area contributed by atoms with Crippen LogP contribution in [0.3, 0.4) is 0 Å². The highest BCUT2D eigenvalue weighted by Gasteiger charge is 2.58. The first-order chi connectivity index (χ1) is 33.7. The monoisotopic (exact) mass is 954 g/mol. The molecule has 11 nitrogen and oxygen atoms in total. The van der Waals surface area contributed by atoms with Gasteiger partial charge in [-0.2, -0.15) is 4.57 Å². The fourth-order valence-corrected chi connectivity index (χ4v) is 13.2. The molecule has 374 valence electrons. The maximum absolute atomic E-state index is 14.2. The molecule has 2 amide bonds. The number of rotatable bonds is 20. The summed E-state index contributed by atoms with van der Waals surface area (Å²) in [5, 5.41) is 12.3. The average molecular weight is 954 g/mol. The topological polar surface area (TPSA) is 127 Å². The first kappa shape index (κ1) is 51.0. The fourth-order valence-electron chi connectivity index (χ4n) is 13.2. The second kappa shape index (κ2) is 21.9. The van der Waals surface area contributed by atoms with E-state index in [0.717, 1.165) is 159 Å². The number of hydrogen-bond donors (Lipinski definition) is 2. The van der Waals surface area contributed by atoms with Gasteiger partial charge >= 0.3 is 5.97 Å². The maximum atomic E-state index is 14.2. The van der Waals surface area contributed by atoms with Crippen LogP contribution in [0.15, 0.2) is 77.5 Å². The van der Waals surface area contributed by atoms with Crippen molar-refractivity contribution in [3.05, 3.63) is 94.6 Å². The van der Waals surface area contributed by atoms with Crippen molar-refractivity contribution < 1.29 is 37.8 Å². The molecule has 1 aromatic heterocycles. The number of amides is 2. The smallest absolute Gasteiger partial charge is 0.345 e. The van der Waals surface area contributed by atoms with Crippen LogP contribution in [0.5, 0.6) is 5.75 Å². The van der Waals surface area contributed by atoms with Gasteiger partial charge in [0.2, 0.25) is 11.0 Å². The van der Waals surface area contributed by atoms with Crippen molar-refractivity contribution in [3.63, 3.8) is 0 Å². The van der Waals surface area contributed by atoms with E-state index in [0.29, 0.717) is 53.5 Å². The number of nitrogens with zero attached hydrogens (tertiary/aromatic N) is 3. The Balaban J connectivity index is 0.787. The summed E-state index contributed by atoms with van der Waals surface area (Å²) in [6.45, 7) is 17.5. The Morgan fingerprint density at radius 3 is 2.07 bits per heavy atom. The van der Waals surface area contributed by atoms with Crippen LogP contribution in [-0.4, -0.2) is 80.1 Å². The van der Waals surface area contributed by atoms with Crippen molar-refractivity contribution in [1.29, 1.82) is 0 Å². The highest BCUT2D eigenvalue weighted by Crippen LogP contribution is 2.64. The molecule has 3 aromatic carbocycles. The molecule has 0 bridgehead atoms. The number of pyridine rings is 1. The third-order valence-electron chi connectivity index (χ3n) is 17.3. The SMILES string of the molecule is CCCC[n+]1c2ccccc2c(C(=O)Oc2c(C)cc(C(=O)NCCC[N+](C)(CCCC)CCCNC(=O)CON=C3C=C4CCC5C(CC[C@]6(C)C(=O)CCC56)[C@@]4(C)CC3)cc2C)c2ccccc21. The van der Waals surface area contributed by atoms with E-state index < -0.39 is 5.97 Å². The van der Waals surface area contributed by atoms with Gasteiger partial charge in [-0.05, 0) is 130 Å². The van der Waals surface area contributed by atoms with Crippen LogP contribution in [0.25, 0.3) is 21.8 Å². The molecular weight excluding hydrogens is 875 g/mol. The molecule has 8 rings (SSSR count). The minimum Gasteiger partial charge on any atom is -0.422 e. The minimum atomic E-state index is -0.417. The molecule has 6 atom stereocenters. The van der Waals surface area contributed by atoms with E-state index >= 15 is 0 Å². The summed E-state index contributed by atoms with van der Waals surface area (Å²) in [6.07, 6.45) is 16.3. The van der Waals surface area contributed by atoms with Crippen LogP contribution in [0.2, 0.25) is 0 Å². The number of allylic oxidation sites excluding steroid dienone is 2. The van der Waals surface area contributed by atoms with Crippen molar-refractivity contribution >= 4 is 51.1 Å². The number of carbonyl (C=O) groups excluding carboxylic acids is 4. The van der Waals surface area contributed by atoms with Gasteiger partial charge in [-0.3, -0.25) is 14.4 Å². The Hall–Kier alpha value is -5.42. The summed E-state index contributed by atoms with van der Waals surface area (Å²) in [5.41, 5.74) is 6.99. The number of benzene rings is 3. The summed E-state index contributed by atoms with van der Waals surface area (Å²) in [5.74, 6) is 2.05. The molecule has 4 aliphatic carbocycles.